The quantitative estimate of drug-likeness (QED) is 0.599. The number of aromatic nitrogens is 2. The normalized spacial score (nSPS) is 19.0. The molecular weight excluding hydrogens is 380 g/mol. The molecule has 0 bridgehead atoms. The number of rotatable bonds is 6. The minimum Gasteiger partial charge on any atom is -0.356 e. The zero-order valence-corrected chi connectivity index (χ0v) is 15.9. The average Bonchev–Trinajstić information content (AvgIpc) is 3.26. The topological polar surface area (TPSA) is 130 Å². The number of anilines is 1. The summed E-state index contributed by atoms with van der Waals surface area (Å²) in [6.45, 7) is 1.35. The number of benzene rings is 1. The van der Waals surface area contributed by atoms with Gasteiger partial charge in [0.2, 0.25) is 16.9 Å². The van der Waals surface area contributed by atoms with Crippen molar-refractivity contribution in [2.75, 3.05) is 11.9 Å². The van der Waals surface area contributed by atoms with Crippen molar-refractivity contribution in [3.8, 4) is 0 Å². The van der Waals surface area contributed by atoms with Gasteiger partial charge in [-0.15, -0.1) is 0 Å². The van der Waals surface area contributed by atoms with E-state index in [1.807, 2.05) is 12.1 Å². The van der Waals surface area contributed by atoms with Crippen molar-refractivity contribution in [2.24, 2.45) is 5.73 Å². The Bertz CT molecular complexity index is 943. The molecule has 4 rings (SSSR count). The lowest BCUT2D eigenvalue weighted by molar-refractivity contribution is -0.136. The second kappa shape index (κ2) is 7.64. The summed E-state index contributed by atoms with van der Waals surface area (Å²) >= 11 is 1.28. The van der Waals surface area contributed by atoms with Gasteiger partial charge >= 0.3 is 0 Å². The lowest BCUT2D eigenvalue weighted by Crippen LogP contribution is -2.52. The molecule has 9 nitrogen and oxygen atoms in total. The SMILES string of the molecule is NCCc1nsc(NCc2cccc3c2CN(C2CCC(=O)NC2=O)C3=O)n1. The number of carbonyl (C=O) groups excluding carboxylic acids is 3. The summed E-state index contributed by atoms with van der Waals surface area (Å²) in [7, 11) is 0. The number of amides is 3. The average molecular weight is 400 g/mol. The van der Waals surface area contributed by atoms with E-state index in [0.717, 1.165) is 11.1 Å². The van der Waals surface area contributed by atoms with E-state index in [0.29, 0.717) is 49.0 Å². The number of nitrogens with one attached hydrogen (secondary N) is 2. The van der Waals surface area contributed by atoms with Gasteiger partial charge in [0.05, 0.1) is 0 Å². The number of carbonyl (C=O) groups is 3. The lowest BCUT2D eigenvalue weighted by Gasteiger charge is -2.29. The van der Waals surface area contributed by atoms with Crippen LogP contribution in [0.1, 0.15) is 40.2 Å². The van der Waals surface area contributed by atoms with Gasteiger partial charge in [-0.25, -0.2) is 4.98 Å². The Labute approximate surface area is 165 Å². The highest BCUT2D eigenvalue weighted by molar-refractivity contribution is 7.09. The summed E-state index contributed by atoms with van der Waals surface area (Å²) < 4.78 is 4.24. The second-order valence-corrected chi connectivity index (χ2v) is 7.50. The van der Waals surface area contributed by atoms with Gasteiger partial charge in [0.15, 0.2) is 0 Å². The Morgan fingerprint density at radius 2 is 2.18 bits per heavy atom. The van der Waals surface area contributed by atoms with Crippen LogP contribution in [-0.2, 0) is 29.1 Å². The van der Waals surface area contributed by atoms with Crippen LogP contribution in [0.2, 0.25) is 0 Å². The molecular formula is C18H20N6O3S. The maximum Gasteiger partial charge on any atom is 0.255 e. The number of piperidine rings is 1. The minimum atomic E-state index is -0.611. The Morgan fingerprint density at radius 1 is 1.32 bits per heavy atom. The Hall–Kier alpha value is -2.85. The molecule has 1 aromatic heterocycles. The van der Waals surface area contributed by atoms with Gasteiger partial charge in [0, 0.05) is 43.0 Å². The molecule has 1 fully saturated rings. The van der Waals surface area contributed by atoms with Crippen LogP contribution in [0.4, 0.5) is 5.13 Å². The molecule has 0 spiro atoms. The van der Waals surface area contributed by atoms with Gasteiger partial charge in [-0.3, -0.25) is 19.7 Å². The predicted octanol–water partition coefficient (Wildman–Crippen LogP) is 0.412. The van der Waals surface area contributed by atoms with Gasteiger partial charge in [0.25, 0.3) is 5.91 Å². The van der Waals surface area contributed by atoms with Gasteiger partial charge in [0.1, 0.15) is 11.9 Å². The summed E-state index contributed by atoms with van der Waals surface area (Å²) in [6.07, 6.45) is 1.23. The zero-order chi connectivity index (χ0) is 19.7. The first-order valence-corrected chi connectivity index (χ1v) is 9.86. The maximum atomic E-state index is 12.8. The van der Waals surface area contributed by atoms with Gasteiger partial charge in [-0.2, -0.15) is 4.37 Å². The van der Waals surface area contributed by atoms with Crippen molar-refractivity contribution in [3.05, 3.63) is 40.7 Å². The number of fused-ring (bicyclic) bond motifs is 1. The van der Waals surface area contributed by atoms with Crippen molar-refractivity contribution < 1.29 is 14.4 Å². The van der Waals surface area contributed by atoms with Crippen LogP contribution < -0.4 is 16.4 Å². The van der Waals surface area contributed by atoms with Crippen LogP contribution in [0.3, 0.4) is 0 Å². The first-order valence-electron chi connectivity index (χ1n) is 9.08. The van der Waals surface area contributed by atoms with E-state index in [-0.39, 0.29) is 18.2 Å². The molecule has 0 aliphatic carbocycles. The Balaban J connectivity index is 1.49. The largest absolute Gasteiger partial charge is 0.356 e. The van der Waals surface area contributed by atoms with Gasteiger partial charge in [-0.1, -0.05) is 12.1 Å². The molecule has 1 aromatic carbocycles. The third-order valence-corrected chi connectivity index (χ3v) is 5.66. The predicted molar refractivity (Wildman–Crippen MR) is 102 cm³/mol. The van der Waals surface area contributed by atoms with E-state index in [4.69, 9.17) is 5.73 Å². The van der Waals surface area contributed by atoms with Crippen molar-refractivity contribution >= 4 is 34.4 Å². The van der Waals surface area contributed by atoms with E-state index in [2.05, 4.69) is 20.0 Å². The standard InChI is InChI=1S/C18H20N6O3S/c19-7-6-14-21-18(28-23-14)20-8-10-2-1-3-11-12(10)9-24(17(11)27)13-4-5-15(25)22-16(13)26/h1-3,13H,4-9,19H2,(H,20,21,23)(H,22,25,26). The molecule has 10 heteroatoms. The lowest BCUT2D eigenvalue weighted by atomic mass is 10.0. The molecule has 0 radical (unpaired) electrons. The summed E-state index contributed by atoms with van der Waals surface area (Å²) in [6, 6.07) is 4.95. The molecule has 2 aromatic rings. The Morgan fingerprint density at radius 3 is 2.96 bits per heavy atom. The highest BCUT2D eigenvalue weighted by atomic mass is 32.1. The minimum absolute atomic E-state index is 0.174. The monoisotopic (exact) mass is 400 g/mol. The molecule has 1 unspecified atom stereocenters. The maximum absolute atomic E-state index is 12.8. The summed E-state index contributed by atoms with van der Waals surface area (Å²) in [5.74, 6) is -0.153. The van der Waals surface area contributed by atoms with Crippen LogP contribution in [0.15, 0.2) is 18.2 Å². The Kier molecular flexibility index (Phi) is 5.05. The highest BCUT2D eigenvalue weighted by Gasteiger charge is 2.39. The smallest absolute Gasteiger partial charge is 0.255 e. The fourth-order valence-electron chi connectivity index (χ4n) is 3.54. The highest BCUT2D eigenvalue weighted by Crippen LogP contribution is 2.30. The molecule has 2 aliphatic rings. The van der Waals surface area contributed by atoms with Crippen LogP contribution in [0, 0.1) is 0 Å². The fraction of sp³-hybridized carbons (Fsp3) is 0.389. The molecule has 3 amide bonds. The van der Waals surface area contributed by atoms with E-state index in [1.54, 1.807) is 11.0 Å². The zero-order valence-electron chi connectivity index (χ0n) is 15.1. The van der Waals surface area contributed by atoms with E-state index in [1.165, 1.54) is 11.5 Å². The van der Waals surface area contributed by atoms with Crippen LogP contribution in [0.25, 0.3) is 0 Å². The molecule has 1 saturated heterocycles. The molecule has 2 aliphatic heterocycles. The third-order valence-electron chi connectivity index (χ3n) is 4.95. The van der Waals surface area contributed by atoms with Crippen LogP contribution in [0.5, 0.6) is 0 Å². The van der Waals surface area contributed by atoms with Crippen molar-refractivity contribution in [3.63, 3.8) is 0 Å². The summed E-state index contributed by atoms with van der Waals surface area (Å²) in [5, 5.41) is 6.27. The second-order valence-electron chi connectivity index (χ2n) is 6.75. The summed E-state index contributed by atoms with van der Waals surface area (Å²) in [4.78, 5) is 42.3. The molecule has 1 atom stereocenters. The number of nitrogens with two attached hydrogens (primary N) is 1. The van der Waals surface area contributed by atoms with Crippen molar-refractivity contribution in [2.45, 2.75) is 38.4 Å². The van der Waals surface area contributed by atoms with Crippen molar-refractivity contribution in [1.82, 2.24) is 19.6 Å². The third kappa shape index (κ3) is 3.48. The number of hydrogen-bond acceptors (Lipinski definition) is 8. The van der Waals surface area contributed by atoms with Gasteiger partial charge < -0.3 is 16.0 Å². The number of imide groups is 1. The van der Waals surface area contributed by atoms with Crippen LogP contribution in [-0.4, -0.2) is 44.6 Å². The van der Waals surface area contributed by atoms with E-state index < -0.39 is 11.9 Å². The van der Waals surface area contributed by atoms with E-state index >= 15 is 0 Å². The molecule has 0 saturated carbocycles. The van der Waals surface area contributed by atoms with Crippen LogP contribution >= 0.6 is 11.5 Å². The first-order chi connectivity index (χ1) is 13.6. The first kappa shape index (κ1) is 18.5. The van der Waals surface area contributed by atoms with E-state index in [9.17, 15) is 14.4 Å². The number of nitrogens with zero attached hydrogens (tertiary/aromatic N) is 3. The fourth-order valence-corrected chi connectivity index (χ4v) is 4.15. The number of hydrogen-bond donors (Lipinski definition) is 3. The molecule has 4 N–H and O–H groups in total. The molecule has 28 heavy (non-hydrogen) atoms. The molecule has 146 valence electrons. The van der Waals surface area contributed by atoms with Crippen molar-refractivity contribution in [1.29, 1.82) is 0 Å². The molecule has 3 heterocycles. The van der Waals surface area contributed by atoms with Gasteiger partial charge in [-0.05, 0) is 30.2 Å². The summed E-state index contributed by atoms with van der Waals surface area (Å²) in [5.41, 5.74) is 7.99.